The van der Waals surface area contributed by atoms with Gasteiger partial charge in [-0.3, -0.25) is 4.40 Å². The molecule has 0 bridgehead atoms. The molecule has 0 aliphatic carbocycles. The molecule has 7 heteroatoms. The maximum absolute atomic E-state index is 6.41. The third-order valence-corrected chi connectivity index (χ3v) is 7.24. The first-order chi connectivity index (χ1) is 18.7. The van der Waals surface area contributed by atoms with Crippen LogP contribution in [0.25, 0.3) is 5.65 Å². The SMILES string of the molecule is Cc1nc2cc(Oc3cccc(N4CN(C)c5ccccc54)c3)cc(Oc3cc(C(C)(C)C)ccn3)n2c1C. The van der Waals surface area contributed by atoms with Crippen LogP contribution >= 0.6 is 0 Å². The molecule has 0 radical (unpaired) electrons. The number of anilines is 3. The largest absolute Gasteiger partial charge is 0.457 e. The number of para-hydroxylation sites is 2. The summed E-state index contributed by atoms with van der Waals surface area (Å²) in [5.41, 5.74) is 7.31. The number of rotatable bonds is 5. The highest BCUT2D eigenvalue weighted by Crippen LogP contribution is 2.41. The summed E-state index contributed by atoms with van der Waals surface area (Å²) in [4.78, 5) is 13.8. The summed E-state index contributed by atoms with van der Waals surface area (Å²) in [5, 5.41) is 0. The lowest BCUT2D eigenvalue weighted by Crippen LogP contribution is -2.23. The van der Waals surface area contributed by atoms with Gasteiger partial charge in [0.25, 0.3) is 0 Å². The Hall–Kier alpha value is -4.52. The zero-order chi connectivity index (χ0) is 27.3. The van der Waals surface area contributed by atoms with Crippen molar-refractivity contribution in [2.75, 3.05) is 23.5 Å². The second-order valence-electron chi connectivity index (χ2n) is 11.1. The Morgan fingerprint density at radius 3 is 2.41 bits per heavy atom. The van der Waals surface area contributed by atoms with Crippen LogP contribution in [0.4, 0.5) is 17.1 Å². The van der Waals surface area contributed by atoms with Crippen molar-refractivity contribution in [3.8, 4) is 23.3 Å². The van der Waals surface area contributed by atoms with E-state index in [0.29, 0.717) is 17.5 Å². The summed E-state index contributed by atoms with van der Waals surface area (Å²) in [5.74, 6) is 2.52. The molecule has 6 rings (SSSR count). The van der Waals surface area contributed by atoms with Crippen LogP contribution in [0.2, 0.25) is 0 Å². The number of pyridine rings is 2. The van der Waals surface area contributed by atoms with Gasteiger partial charge in [0.2, 0.25) is 11.8 Å². The number of benzene rings is 2. The number of hydrogen-bond acceptors (Lipinski definition) is 6. The van der Waals surface area contributed by atoms with Gasteiger partial charge < -0.3 is 19.3 Å². The summed E-state index contributed by atoms with van der Waals surface area (Å²) in [6.07, 6.45) is 1.79. The van der Waals surface area contributed by atoms with E-state index in [4.69, 9.17) is 14.5 Å². The summed E-state index contributed by atoms with van der Waals surface area (Å²) in [6, 6.07) is 24.5. The molecule has 0 N–H and O–H groups in total. The molecular weight excluding hydrogens is 486 g/mol. The molecule has 4 heterocycles. The lowest BCUT2D eigenvalue weighted by atomic mass is 9.88. The molecule has 198 valence electrons. The molecule has 0 atom stereocenters. The van der Waals surface area contributed by atoms with Gasteiger partial charge in [-0.25, -0.2) is 9.97 Å². The van der Waals surface area contributed by atoms with Gasteiger partial charge in [0.15, 0.2) is 0 Å². The highest BCUT2D eigenvalue weighted by atomic mass is 16.5. The van der Waals surface area contributed by atoms with E-state index in [1.54, 1.807) is 6.20 Å². The number of aryl methyl sites for hydroxylation is 2. The molecule has 2 aromatic carbocycles. The summed E-state index contributed by atoms with van der Waals surface area (Å²) >= 11 is 0. The van der Waals surface area contributed by atoms with E-state index in [-0.39, 0.29) is 5.41 Å². The third-order valence-electron chi connectivity index (χ3n) is 7.24. The fourth-order valence-corrected chi connectivity index (χ4v) is 4.99. The van der Waals surface area contributed by atoms with Crippen LogP contribution < -0.4 is 19.3 Å². The first-order valence-corrected chi connectivity index (χ1v) is 13.2. The maximum atomic E-state index is 6.41. The molecular formula is C32H33N5O2. The lowest BCUT2D eigenvalue weighted by molar-refractivity contribution is 0.425. The average molecular weight is 520 g/mol. The molecule has 0 amide bonds. The Bertz CT molecular complexity index is 1680. The van der Waals surface area contributed by atoms with Crippen LogP contribution in [0.5, 0.6) is 23.3 Å². The Morgan fingerprint density at radius 2 is 1.62 bits per heavy atom. The zero-order valence-electron chi connectivity index (χ0n) is 23.3. The Morgan fingerprint density at radius 1 is 0.821 bits per heavy atom. The molecule has 7 nitrogen and oxygen atoms in total. The molecule has 0 spiro atoms. The highest BCUT2D eigenvalue weighted by Gasteiger charge is 2.24. The van der Waals surface area contributed by atoms with Gasteiger partial charge in [-0.15, -0.1) is 0 Å². The van der Waals surface area contributed by atoms with Crippen molar-refractivity contribution < 1.29 is 9.47 Å². The fraction of sp³-hybridized carbons (Fsp3) is 0.250. The second kappa shape index (κ2) is 9.34. The van der Waals surface area contributed by atoms with Crippen molar-refractivity contribution in [1.29, 1.82) is 0 Å². The van der Waals surface area contributed by atoms with Crippen LogP contribution in [0.1, 0.15) is 37.7 Å². The number of nitrogens with zero attached hydrogens (tertiary/aromatic N) is 5. The number of fused-ring (bicyclic) bond motifs is 2. The lowest BCUT2D eigenvalue weighted by Gasteiger charge is -2.20. The molecule has 0 saturated heterocycles. The van der Waals surface area contributed by atoms with Gasteiger partial charge in [0, 0.05) is 48.9 Å². The first-order valence-electron chi connectivity index (χ1n) is 13.2. The zero-order valence-corrected chi connectivity index (χ0v) is 23.3. The normalized spacial score (nSPS) is 13.2. The fourth-order valence-electron chi connectivity index (χ4n) is 4.99. The Labute approximate surface area is 229 Å². The summed E-state index contributed by atoms with van der Waals surface area (Å²) < 4.78 is 14.8. The van der Waals surface area contributed by atoms with Gasteiger partial charge in [-0.2, -0.15) is 0 Å². The van der Waals surface area contributed by atoms with Crippen LogP contribution in [0.15, 0.2) is 79.0 Å². The van der Waals surface area contributed by atoms with E-state index in [1.165, 1.54) is 11.4 Å². The highest BCUT2D eigenvalue weighted by molar-refractivity contribution is 5.82. The van der Waals surface area contributed by atoms with E-state index in [2.05, 4.69) is 79.0 Å². The van der Waals surface area contributed by atoms with Gasteiger partial charge in [0.05, 0.1) is 23.7 Å². The molecule has 1 aliphatic heterocycles. The summed E-state index contributed by atoms with van der Waals surface area (Å²) in [6.45, 7) is 11.3. The van der Waals surface area contributed by atoms with Crippen molar-refractivity contribution in [1.82, 2.24) is 14.4 Å². The van der Waals surface area contributed by atoms with Gasteiger partial charge >= 0.3 is 0 Å². The van der Waals surface area contributed by atoms with Gasteiger partial charge in [-0.1, -0.05) is 39.0 Å². The smallest absolute Gasteiger partial charge is 0.221 e. The maximum Gasteiger partial charge on any atom is 0.221 e. The van der Waals surface area contributed by atoms with E-state index in [9.17, 15) is 0 Å². The Kier molecular flexibility index (Phi) is 5.94. The summed E-state index contributed by atoms with van der Waals surface area (Å²) in [7, 11) is 2.11. The van der Waals surface area contributed by atoms with Crippen LogP contribution in [-0.2, 0) is 5.41 Å². The second-order valence-corrected chi connectivity index (χ2v) is 11.1. The van der Waals surface area contributed by atoms with E-state index < -0.39 is 0 Å². The van der Waals surface area contributed by atoms with Crippen molar-refractivity contribution in [3.05, 3.63) is 95.9 Å². The van der Waals surface area contributed by atoms with E-state index >= 15 is 0 Å². The molecule has 5 aromatic rings. The molecule has 3 aromatic heterocycles. The standard InChI is InChI=1S/C32H33N5O2/c1-21-22(2)37-29(34-21)18-26(19-31(37)39-30-16-23(14-15-33-30)32(3,4)5)38-25-11-9-10-24(17-25)36-20-35(6)27-12-7-8-13-28(27)36/h7-19H,20H2,1-6H3. The minimum Gasteiger partial charge on any atom is -0.457 e. The van der Waals surface area contributed by atoms with Crippen molar-refractivity contribution in [3.63, 3.8) is 0 Å². The van der Waals surface area contributed by atoms with Crippen molar-refractivity contribution >= 4 is 22.7 Å². The number of hydrogen-bond donors (Lipinski definition) is 0. The molecule has 0 unspecified atom stereocenters. The van der Waals surface area contributed by atoms with Crippen LogP contribution in [0, 0.1) is 13.8 Å². The van der Waals surface area contributed by atoms with Crippen molar-refractivity contribution in [2.45, 2.75) is 40.0 Å². The minimum atomic E-state index is -0.0154. The predicted molar refractivity (Wildman–Crippen MR) is 156 cm³/mol. The van der Waals surface area contributed by atoms with Gasteiger partial charge in [-0.05, 0) is 55.2 Å². The third kappa shape index (κ3) is 4.65. The molecule has 0 saturated carbocycles. The van der Waals surface area contributed by atoms with E-state index in [1.807, 2.05) is 54.6 Å². The van der Waals surface area contributed by atoms with E-state index in [0.717, 1.165) is 40.7 Å². The quantitative estimate of drug-likeness (QED) is 0.236. The number of imidazole rings is 1. The minimum absolute atomic E-state index is 0.0154. The number of ether oxygens (including phenoxy) is 2. The van der Waals surface area contributed by atoms with Crippen LogP contribution in [-0.4, -0.2) is 28.1 Å². The Balaban J connectivity index is 1.35. The monoisotopic (exact) mass is 519 g/mol. The van der Waals surface area contributed by atoms with Crippen LogP contribution in [0.3, 0.4) is 0 Å². The molecule has 1 aliphatic rings. The average Bonchev–Trinajstić information content (AvgIpc) is 3.39. The number of aromatic nitrogens is 3. The van der Waals surface area contributed by atoms with Crippen molar-refractivity contribution in [2.24, 2.45) is 0 Å². The van der Waals surface area contributed by atoms with Gasteiger partial charge in [0.1, 0.15) is 17.1 Å². The predicted octanol–water partition coefficient (Wildman–Crippen LogP) is 7.77. The molecule has 39 heavy (non-hydrogen) atoms. The first kappa shape index (κ1) is 24.8. The topological polar surface area (TPSA) is 55.1 Å². The molecule has 0 fully saturated rings.